The molecule has 2 unspecified atom stereocenters. The molecule has 2 atom stereocenters. The van der Waals surface area contributed by atoms with Crippen LogP contribution in [0.2, 0.25) is 0 Å². The van der Waals surface area contributed by atoms with Gasteiger partial charge in [-0.25, -0.2) is 4.98 Å². The molecule has 1 saturated heterocycles. The summed E-state index contributed by atoms with van der Waals surface area (Å²) in [5.41, 5.74) is 1.68. The zero-order valence-electron chi connectivity index (χ0n) is 21.4. The molecule has 1 N–H and O–H groups in total. The Morgan fingerprint density at radius 2 is 1.92 bits per heavy atom. The summed E-state index contributed by atoms with van der Waals surface area (Å²) >= 11 is 0. The molecule has 9 nitrogen and oxygen atoms in total. The summed E-state index contributed by atoms with van der Waals surface area (Å²) in [6, 6.07) is 6.19. The maximum Gasteiger partial charge on any atom is 0.251 e. The van der Waals surface area contributed by atoms with Crippen molar-refractivity contribution in [1.29, 1.82) is 0 Å². The van der Waals surface area contributed by atoms with E-state index in [0.717, 1.165) is 42.1 Å². The molecule has 0 bridgehead atoms. The number of benzene rings is 1. The Kier molecular flexibility index (Phi) is 7.46. The van der Waals surface area contributed by atoms with Crippen LogP contribution < -0.4 is 19.5 Å². The highest BCUT2D eigenvalue weighted by molar-refractivity contribution is 5.80. The van der Waals surface area contributed by atoms with Gasteiger partial charge in [0.2, 0.25) is 11.8 Å². The lowest BCUT2D eigenvalue weighted by Crippen LogP contribution is -2.38. The first-order chi connectivity index (χ1) is 17.5. The van der Waals surface area contributed by atoms with Crippen LogP contribution in [0.4, 0.5) is 5.95 Å². The molecule has 1 aromatic heterocycles. The maximum absolute atomic E-state index is 12.6. The number of amides is 1. The van der Waals surface area contributed by atoms with Crippen LogP contribution in [0.25, 0.3) is 11.1 Å². The molecule has 0 spiro atoms. The number of aromatic nitrogens is 2. The van der Waals surface area contributed by atoms with Gasteiger partial charge < -0.3 is 29.2 Å². The van der Waals surface area contributed by atoms with Gasteiger partial charge in [0.25, 0.3) is 5.91 Å². The molecule has 194 valence electrons. The third-order valence-electron chi connectivity index (χ3n) is 7.39. The van der Waals surface area contributed by atoms with E-state index in [9.17, 15) is 4.79 Å². The molecule has 9 heteroatoms. The highest BCUT2D eigenvalue weighted by Gasteiger charge is 2.31. The van der Waals surface area contributed by atoms with Gasteiger partial charge in [-0.15, -0.1) is 0 Å². The van der Waals surface area contributed by atoms with Crippen LogP contribution in [0.1, 0.15) is 46.0 Å². The first-order valence-electron chi connectivity index (χ1n) is 13.0. The molecule has 1 saturated carbocycles. The lowest BCUT2D eigenvalue weighted by atomic mass is 9.87. The summed E-state index contributed by atoms with van der Waals surface area (Å²) in [6.45, 7) is 6.27. The lowest BCUT2D eigenvalue weighted by molar-refractivity contribution is -0.140. The molecule has 2 fully saturated rings. The Bertz CT molecular complexity index is 1070. The van der Waals surface area contributed by atoms with Gasteiger partial charge in [0.05, 0.1) is 12.1 Å². The van der Waals surface area contributed by atoms with Crippen molar-refractivity contribution in [2.24, 2.45) is 5.92 Å². The Balaban J connectivity index is 1.38. The lowest BCUT2D eigenvalue weighted by Gasteiger charge is -2.27. The van der Waals surface area contributed by atoms with Crippen molar-refractivity contribution in [2.45, 2.75) is 64.2 Å². The van der Waals surface area contributed by atoms with Crippen LogP contribution in [0.5, 0.6) is 17.4 Å². The van der Waals surface area contributed by atoms with Crippen molar-refractivity contribution in [3.63, 3.8) is 0 Å². The molecule has 3 heterocycles. The van der Waals surface area contributed by atoms with Crippen LogP contribution >= 0.6 is 0 Å². The first kappa shape index (κ1) is 24.6. The number of carbonyl (C=O) groups is 1. The molecule has 2 aromatic rings. The normalized spacial score (nSPS) is 24.3. The number of hydrogen-bond acceptors (Lipinski definition) is 8. The molecule has 5 rings (SSSR count). The summed E-state index contributed by atoms with van der Waals surface area (Å²) < 4.78 is 23.1. The molecule has 36 heavy (non-hydrogen) atoms. The number of nitrogens with one attached hydrogen (secondary N) is 1. The SMILES string of the molecule is COC(C)C(=O)N1CCC(Oc2nc(NC3CCC(C)CC3)ncc2-c2ccc3c(c2)OCCO3)C1. The van der Waals surface area contributed by atoms with Gasteiger partial charge in [-0.1, -0.05) is 13.0 Å². The minimum absolute atomic E-state index is 0.0211. The second-order valence-corrected chi connectivity index (χ2v) is 10.1. The largest absolute Gasteiger partial charge is 0.486 e. The summed E-state index contributed by atoms with van der Waals surface area (Å²) in [4.78, 5) is 23.8. The van der Waals surface area contributed by atoms with Gasteiger partial charge in [0, 0.05) is 32.3 Å². The van der Waals surface area contributed by atoms with E-state index in [-0.39, 0.29) is 12.0 Å². The van der Waals surface area contributed by atoms with E-state index in [1.54, 1.807) is 18.9 Å². The van der Waals surface area contributed by atoms with Gasteiger partial charge >= 0.3 is 0 Å². The third kappa shape index (κ3) is 5.51. The summed E-state index contributed by atoms with van der Waals surface area (Å²) in [5.74, 6) is 3.27. The van der Waals surface area contributed by atoms with E-state index >= 15 is 0 Å². The quantitative estimate of drug-likeness (QED) is 0.616. The number of methoxy groups -OCH3 is 1. The zero-order chi connectivity index (χ0) is 25.1. The number of anilines is 1. The highest BCUT2D eigenvalue weighted by Crippen LogP contribution is 2.38. The van der Waals surface area contributed by atoms with Crippen molar-refractivity contribution in [3.05, 3.63) is 24.4 Å². The first-order valence-corrected chi connectivity index (χ1v) is 13.0. The molecule has 2 aliphatic heterocycles. The maximum atomic E-state index is 12.6. The minimum atomic E-state index is -0.468. The van der Waals surface area contributed by atoms with Crippen molar-refractivity contribution in [1.82, 2.24) is 14.9 Å². The minimum Gasteiger partial charge on any atom is -0.486 e. The molecule has 0 radical (unpaired) electrons. The Morgan fingerprint density at radius 3 is 2.69 bits per heavy atom. The number of fused-ring (bicyclic) bond motifs is 1. The van der Waals surface area contributed by atoms with E-state index in [0.29, 0.717) is 49.9 Å². The van der Waals surface area contributed by atoms with Crippen molar-refractivity contribution in [3.8, 4) is 28.5 Å². The molecule has 1 aliphatic carbocycles. The molecular formula is C27H36N4O5. The Hall–Kier alpha value is -3.07. The average molecular weight is 497 g/mol. The highest BCUT2D eigenvalue weighted by atomic mass is 16.6. The Labute approximate surface area is 212 Å². The van der Waals surface area contributed by atoms with Crippen LogP contribution in [-0.4, -0.2) is 72.4 Å². The number of nitrogens with zero attached hydrogens (tertiary/aromatic N) is 3. The van der Waals surface area contributed by atoms with Gasteiger partial charge in [0.1, 0.15) is 25.4 Å². The predicted octanol–water partition coefficient (Wildman–Crippen LogP) is 3.92. The van der Waals surface area contributed by atoms with Crippen molar-refractivity contribution < 1.29 is 23.7 Å². The number of carbonyl (C=O) groups excluding carboxylic acids is 1. The molecular weight excluding hydrogens is 460 g/mol. The van der Waals surface area contributed by atoms with E-state index < -0.39 is 6.10 Å². The summed E-state index contributed by atoms with van der Waals surface area (Å²) in [5, 5.41) is 3.52. The van der Waals surface area contributed by atoms with Crippen molar-refractivity contribution >= 4 is 11.9 Å². The summed E-state index contributed by atoms with van der Waals surface area (Å²) in [7, 11) is 1.55. The molecule has 1 aromatic carbocycles. The Morgan fingerprint density at radius 1 is 1.14 bits per heavy atom. The van der Waals surface area contributed by atoms with Crippen LogP contribution in [0, 0.1) is 5.92 Å². The number of hydrogen-bond donors (Lipinski definition) is 1. The fourth-order valence-corrected chi connectivity index (χ4v) is 5.06. The third-order valence-corrected chi connectivity index (χ3v) is 7.39. The van der Waals surface area contributed by atoms with Gasteiger partial charge in [-0.3, -0.25) is 4.79 Å². The monoisotopic (exact) mass is 496 g/mol. The van der Waals surface area contributed by atoms with Crippen LogP contribution in [0.3, 0.4) is 0 Å². The molecule has 3 aliphatic rings. The predicted molar refractivity (Wildman–Crippen MR) is 136 cm³/mol. The second-order valence-electron chi connectivity index (χ2n) is 10.1. The van der Waals surface area contributed by atoms with Crippen LogP contribution in [-0.2, 0) is 9.53 Å². The molecule has 1 amide bonds. The van der Waals surface area contributed by atoms with E-state index in [2.05, 4.69) is 17.2 Å². The van der Waals surface area contributed by atoms with E-state index in [4.69, 9.17) is 23.9 Å². The number of likely N-dealkylation sites (tertiary alicyclic amines) is 1. The van der Waals surface area contributed by atoms with E-state index in [1.807, 2.05) is 24.4 Å². The fraction of sp³-hybridized carbons (Fsp3) is 0.593. The number of ether oxygens (including phenoxy) is 4. The zero-order valence-corrected chi connectivity index (χ0v) is 21.4. The summed E-state index contributed by atoms with van der Waals surface area (Å²) in [6.07, 6.45) is 6.56. The van der Waals surface area contributed by atoms with Crippen LogP contribution in [0.15, 0.2) is 24.4 Å². The van der Waals surface area contributed by atoms with Gasteiger partial charge in [-0.05, 0) is 56.2 Å². The van der Waals surface area contributed by atoms with Crippen molar-refractivity contribution in [2.75, 3.05) is 38.7 Å². The standard InChI is InChI=1S/C27H36N4O5/c1-17-4-7-20(8-5-17)29-27-28-15-22(19-6-9-23-24(14-19)35-13-12-34-23)25(30-27)36-21-10-11-31(16-21)26(32)18(2)33-3/h6,9,14-15,17-18,20-21H,4-5,7-8,10-13,16H2,1-3H3,(H,28,29,30). The van der Waals surface area contributed by atoms with Gasteiger partial charge in [0.15, 0.2) is 11.5 Å². The average Bonchev–Trinajstić information content (AvgIpc) is 3.37. The topological polar surface area (TPSA) is 95.0 Å². The smallest absolute Gasteiger partial charge is 0.251 e. The fourth-order valence-electron chi connectivity index (χ4n) is 5.06. The second kappa shape index (κ2) is 10.9. The number of rotatable bonds is 7. The van der Waals surface area contributed by atoms with E-state index in [1.165, 1.54) is 12.8 Å². The van der Waals surface area contributed by atoms with Gasteiger partial charge in [-0.2, -0.15) is 4.98 Å².